The van der Waals surface area contributed by atoms with Crippen LogP contribution in [0.15, 0.2) is 76.4 Å². The van der Waals surface area contributed by atoms with Crippen molar-refractivity contribution in [3.63, 3.8) is 0 Å². The Hall–Kier alpha value is -4.44. The Labute approximate surface area is 212 Å². The number of nitrogens with two attached hydrogens (primary N) is 1. The maximum Gasteiger partial charge on any atom is 0.354 e. The second-order valence-corrected chi connectivity index (χ2v) is 7.91. The van der Waals surface area contributed by atoms with Crippen molar-refractivity contribution in [2.75, 3.05) is 5.32 Å². The first-order valence-corrected chi connectivity index (χ1v) is 11.3. The van der Waals surface area contributed by atoms with Crippen LogP contribution in [-0.2, 0) is 17.9 Å². The lowest BCUT2D eigenvalue weighted by atomic mass is 10.2. The third kappa shape index (κ3) is 6.80. The number of halogens is 1. The first-order chi connectivity index (χ1) is 17.3. The van der Waals surface area contributed by atoms with Crippen LogP contribution in [0.5, 0.6) is 11.5 Å². The summed E-state index contributed by atoms with van der Waals surface area (Å²) in [6.07, 6.45) is 1.94. The molecule has 0 saturated heterocycles. The van der Waals surface area contributed by atoms with E-state index in [0.29, 0.717) is 22.2 Å². The number of benzene rings is 2. The Bertz CT molecular complexity index is 1430. The van der Waals surface area contributed by atoms with E-state index in [-0.39, 0.29) is 25.4 Å². The van der Waals surface area contributed by atoms with Gasteiger partial charge in [0.15, 0.2) is 0 Å². The molecule has 2 aromatic carbocycles. The Balaban J connectivity index is 0.00000115. The zero-order valence-corrected chi connectivity index (χ0v) is 20.5. The Morgan fingerprint density at radius 1 is 1.03 bits per heavy atom. The summed E-state index contributed by atoms with van der Waals surface area (Å²) < 4.78 is 8.36. The predicted octanol–water partition coefficient (Wildman–Crippen LogP) is 3.47. The fraction of sp³-hybridized carbons (Fsp3) is 0.160. The van der Waals surface area contributed by atoms with Crippen molar-refractivity contribution >= 4 is 29.6 Å². The summed E-state index contributed by atoms with van der Waals surface area (Å²) in [5, 5.41) is 3.69. The van der Waals surface area contributed by atoms with Crippen molar-refractivity contribution in [2.24, 2.45) is 5.73 Å². The third-order valence-corrected chi connectivity index (χ3v) is 5.19. The number of aromatic nitrogens is 4. The van der Waals surface area contributed by atoms with E-state index < -0.39 is 11.4 Å². The second kappa shape index (κ2) is 12.3. The van der Waals surface area contributed by atoms with E-state index >= 15 is 0 Å². The molecule has 2 aromatic heterocycles. The van der Waals surface area contributed by atoms with Crippen LogP contribution in [0.3, 0.4) is 0 Å². The first kappa shape index (κ1) is 26.2. The normalized spacial score (nSPS) is 10.2. The molecule has 0 radical (unpaired) electrons. The van der Waals surface area contributed by atoms with Gasteiger partial charge < -0.3 is 15.8 Å². The minimum atomic E-state index is -0.606. The van der Waals surface area contributed by atoms with Gasteiger partial charge in [-0.15, -0.1) is 0 Å². The molecule has 10 nitrogen and oxygen atoms in total. The topological polar surface area (TPSA) is 134 Å². The fourth-order valence-electron chi connectivity index (χ4n) is 3.26. The molecule has 3 N–H and O–H groups in total. The van der Waals surface area contributed by atoms with Crippen LogP contribution in [0.1, 0.15) is 18.2 Å². The van der Waals surface area contributed by atoms with Crippen LogP contribution in [0.4, 0.5) is 11.6 Å². The largest absolute Gasteiger partial charge is 0.457 e. The molecule has 2 heterocycles. The molecular weight excluding hydrogens is 484 g/mol. The van der Waals surface area contributed by atoms with Gasteiger partial charge in [-0.1, -0.05) is 23.7 Å². The lowest BCUT2D eigenvalue weighted by Crippen LogP contribution is -2.42. The molecule has 0 aliphatic rings. The lowest BCUT2D eigenvalue weighted by molar-refractivity contribution is -0.106. The van der Waals surface area contributed by atoms with Gasteiger partial charge in [0.05, 0.1) is 6.54 Å². The Morgan fingerprint density at radius 2 is 1.69 bits per heavy atom. The van der Waals surface area contributed by atoms with Crippen LogP contribution in [0.25, 0.3) is 0 Å². The Kier molecular flexibility index (Phi) is 8.95. The van der Waals surface area contributed by atoms with Crippen molar-refractivity contribution < 1.29 is 9.53 Å². The highest BCUT2D eigenvalue weighted by Crippen LogP contribution is 2.24. The van der Waals surface area contributed by atoms with Crippen LogP contribution in [-0.4, -0.2) is 25.5 Å². The molecule has 0 unspecified atom stereocenters. The van der Waals surface area contributed by atoms with E-state index in [1.54, 1.807) is 55.6 Å². The van der Waals surface area contributed by atoms with Gasteiger partial charge in [0.25, 0.3) is 0 Å². The minimum absolute atomic E-state index is 0.156. The standard InChI is InChI=1S/C24H22ClN5O3.CH3NO/c1-3-29-23(31)28-22(30(24(29)32)15-17-4-6-18(25)7-5-17)27-19-8-10-20(11-9-19)33-21-12-13-26-16(2)14-21;2-1-3/h4-14H,3,15H2,1-2H3,(H,27,28,31);1H,(H2,2,3). The van der Waals surface area contributed by atoms with E-state index in [9.17, 15) is 9.59 Å². The maximum atomic E-state index is 13.0. The van der Waals surface area contributed by atoms with Gasteiger partial charge in [-0.3, -0.25) is 14.3 Å². The number of carbonyl (C=O) groups excluding carboxylic acids is 1. The van der Waals surface area contributed by atoms with E-state index in [1.165, 1.54) is 4.57 Å². The summed E-state index contributed by atoms with van der Waals surface area (Å²) in [5.74, 6) is 1.48. The fourth-order valence-corrected chi connectivity index (χ4v) is 3.39. The number of hydrogen-bond acceptors (Lipinski definition) is 7. The number of nitrogens with zero attached hydrogens (tertiary/aromatic N) is 4. The summed E-state index contributed by atoms with van der Waals surface area (Å²) in [7, 11) is 0. The summed E-state index contributed by atoms with van der Waals surface area (Å²) in [6.45, 7) is 4.08. The van der Waals surface area contributed by atoms with Gasteiger partial charge in [-0.05, 0) is 61.9 Å². The first-order valence-electron chi connectivity index (χ1n) is 10.9. The number of hydrogen-bond donors (Lipinski definition) is 2. The average Bonchev–Trinajstić information content (AvgIpc) is 2.85. The predicted molar refractivity (Wildman–Crippen MR) is 138 cm³/mol. The molecule has 0 bridgehead atoms. The number of anilines is 2. The van der Waals surface area contributed by atoms with E-state index in [4.69, 9.17) is 21.1 Å². The molecule has 4 rings (SSSR count). The highest BCUT2D eigenvalue weighted by Gasteiger charge is 2.13. The van der Waals surface area contributed by atoms with Crippen molar-refractivity contribution in [1.82, 2.24) is 19.1 Å². The van der Waals surface area contributed by atoms with Crippen LogP contribution >= 0.6 is 11.6 Å². The molecular formula is C25H25ClN6O4. The second-order valence-electron chi connectivity index (χ2n) is 7.48. The van der Waals surface area contributed by atoms with Gasteiger partial charge in [0, 0.05) is 35.2 Å². The van der Waals surface area contributed by atoms with Gasteiger partial charge in [0.2, 0.25) is 12.4 Å². The summed E-state index contributed by atoms with van der Waals surface area (Å²) in [5.41, 5.74) is 5.48. The molecule has 0 aliphatic carbocycles. The number of aryl methyl sites for hydroxylation is 1. The molecule has 11 heteroatoms. The SMILES string of the molecule is CCn1c(=O)nc(Nc2ccc(Oc3ccnc(C)c3)cc2)n(Cc2ccc(Cl)cc2)c1=O.NC=O. The van der Waals surface area contributed by atoms with Gasteiger partial charge in [0.1, 0.15) is 11.5 Å². The lowest BCUT2D eigenvalue weighted by Gasteiger charge is -2.15. The van der Waals surface area contributed by atoms with Crippen molar-refractivity contribution in [3.8, 4) is 11.5 Å². The number of primary amides is 1. The molecule has 0 aliphatic heterocycles. The number of pyridine rings is 1. The van der Waals surface area contributed by atoms with Crippen LogP contribution in [0, 0.1) is 6.92 Å². The number of rotatable bonds is 7. The quantitative estimate of drug-likeness (QED) is 0.365. The minimum Gasteiger partial charge on any atom is -0.457 e. The number of ether oxygens (including phenoxy) is 1. The van der Waals surface area contributed by atoms with E-state index in [1.807, 2.05) is 25.1 Å². The number of carbonyl (C=O) groups is 1. The highest BCUT2D eigenvalue weighted by atomic mass is 35.5. The average molecular weight is 509 g/mol. The van der Waals surface area contributed by atoms with Gasteiger partial charge in [-0.2, -0.15) is 4.98 Å². The monoisotopic (exact) mass is 508 g/mol. The number of nitrogens with one attached hydrogen (secondary N) is 1. The maximum absolute atomic E-state index is 13.0. The molecule has 0 atom stereocenters. The van der Waals surface area contributed by atoms with E-state index in [0.717, 1.165) is 15.8 Å². The zero-order valence-electron chi connectivity index (χ0n) is 19.7. The van der Waals surface area contributed by atoms with Crippen molar-refractivity contribution in [1.29, 1.82) is 0 Å². The Morgan fingerprint density at radius 3 is 2.31 bits per heavy atom. The molecule has 4 aromatic rings. The summed E-state index contributed by atoms with van der Waals surface area (Å²) >= 11 is 5.97. The molecule has 1 amide bonds. The third-order valence-electron chi connectivity index (χ3n) is 4.93. The van der Waals surface area contributed by atoms with Gasteiger partial charge in [-0.25, -0.2) is 14.2 Å². The van der Waals surface area contributed by atoms with Crippen LogP contribution in [0.2, 0.25) is 5.02 Å². The smallest absolute Gasteiger partial charge is 0.354 e. The van der Waals surface area contributed by atoms with Gasteiger partial charge >= 0.3 is 11.4 Å². The molecule has 0 fully saturated rings. The van der Waals surface area contributed by atoms with Crippen molar-refractivity contribution in [2.45, 2.75) is 26.9 Å². The molecule has 186 valence electrons. The highest BCUT2D eigenvalue weighted by molar-refractivity contribution is 6.30. The van der Waals surface area contributed by atoms with Crippen LogP contribution < -0.4 is 27.2 Å². The summed E-state index contributed by atoms with van der Waals surface area (Å²) in [4.78, 5) is 42.2. The number of amides is 1. The summed E-state index contributed by atoms with van der Waals surface area (Å²) in [6, 6.07) is 17.9. The zero-order chi connectivity index (χ0) is 26.1. The van der Waals surface area contributed by atoms with E-state index in [2.05, 4.69) is 21.0 Å². The molecule has 0 saturated carbocycles. The molecule has 0 spiro atoms. The van der Waals surface area contributed by atoms with Crippen molar-refractivity contribution in [3.05, 3.63) is 104 Å². The molecule has 36 heavy (non-hydrogen) atoms.